The molecule has 0 saturated carbocycles. The molecule has 1 aliphatic rings. The van der Waals surface area contributed by atoms with Gasteiger partial charge in [0.2, 0.25) is 0 Å². The van der Waals surface area contributed by atoms with E-state index >= 15 is 0 Å². The Bertz CT molecular complexity index is 532. The van der Waals surface area contributed by atoms with Crippen molar-refractivity contribution in [3.8, 4) is 11.5 Å². The third-order valence-electron chi connectivity index (χ3n) is 4.21. The van der Waals surface area contributed by atoms with Crippen LogP contribution in [0.2, 0.25) is 0 Å². The van der Waals surface area contributed by atoms with Gasteiger partial charge in [-0.2, -0.15) is 0 Å². The minimum atomic E-state index is -0.505. The van der Waals surface area contributed by atoms with Crippen molar-refractivity contribution in [1.82, 2.24) is 10.2 Å². The second-order valence-electron chi connectivity index (χ2n) is 5.80. The largest absolute Gasteiger partial charge is 1.00 e. The molecule has 1 heterocycles. The number of nitrogens with two attached hydrogens (primary N) is 1. The van der Waals surface area contributed by atoms with Gasteiger partial charge < -0.3 is 45.3 Å². The highest BCUT2D eigenvalue weighted by Gasteiger charge is 2.22. The van der Waals surface area contributed by atoms with Gasteiger partial charge in [-0.3, -0.25) is 9.69 Å². The van der Waals surface area contributed by atoms with Crippen LogP contribution in [-0.4, -0.2) is 50.2 Å². The van der Waals surface area contributed by atoms with Crippen molar-refractivity contribution in [2.24, 2.45) is 5.73 Å². The molecule has 3 N–H and O–H groups in total. The molecule has 0 radical (unpaired) electrons. The molecule has 1 atom stereocenters. The van der Waals surface area contributed by atoms with E-state index in [0.29, 0.717) is 17.5 Å². The summed E-state index contributed by atoms with van der Waals surface area (Å²) < 4.78 is 10.7. The van der Waals surface area contributed by atoms with E-state index in [1.807, 2.05) is 18.2 Å². The molecule has 2 rings (SSSR count). The highest BCUT2D eigenvalue weighted by molar-refractivity contribution is 5.75. The minimum Gasteiger partial charge on any atom is -1.00 e. The molecule has 0 bridgehead atoms. The molecule has 1 saturated heterocycles. The van der Waals surface area contributed by atoms with E-state index < -0.39 is 5.91 Å². The van der Waals surface area contributed by atoms with E-state index in [0.717, 1.165) is 25.2 Å². The van der Waals surface area contributed by atoms with Gasteiger partial charge >= 0.3 is 0 Å². The first-order valence-corrected chi connectivity index (χ1v) is 8.16. The number of likely N-dealkylation sites (N-methyl/N-ethyl adjacent to an activating group) is 1. The van der Waals surface area contributed by atoms with Crippen LogP contribution in [0.5, 0.6) is 11.5 Å². The van der Waals surface area contributed by atoms with Crippen molar-refractivity contribution in [2.75, 3.05) is 33.4 Å². The predicted molar refractivity (Wildman–Crippen MR) is 89.7 cm³/mol. The van der Waals surface area contributed by atoms with Crippen molar-refractivity contribution in [2.45, 2.75) is 32.4 Å². The summed E-state index contributed by atoms with van der Waals surface area (Å²) in [7, 11) is 1.58. The topological polar surface area (TPSA) is 76.8 Å². The monoisotopic (exact) mass is 391 g/mol. The molecule has 144 valence electrons. The van der Waals surface area contributed by atoms with Gasteiger partial charge in [-0.25, -0.2) is 0 Å². The molecular formula is C17H27Cl2N3O3-2. The number of ether oxygens (including phenoxy) is 2. The smallest absolute Gasteiger partial charge is 0.255 e. The Morgan fingerprint density at radius 1 is 1.36 bits per heavy atom. The van der Waals surface area contributed by atoms with Gasteiger partial charge in [0.1, 0.15) is 0 Å². The molecular weight excluding hydrogens is 365 g/mol. The van der Waals surface area contributed by atoms with Gasteiger partial charge in [-0.1, -0.05) is 13.0 Å². The lowest BCUT2D eigenvalue weighted by Gasteiger charge is -2.23. The normalized spacial score (nSPS) is 16.6. The number of hydrogen-bond donors (Lipinski definition) is 2. The molecule has 8 heteroatoms. The zero-order valence-corrected chi connectivity index (χ0v) is 16.3. The van der Waals surface area contributed by atoms with Crippen LogP contribution in [0.3, 0.4) is 0 Å². The fraction of sp³-hybridized carbons (Fsp3) is 0.588. The Kier molecular flexibility index (Phi) is 11.6. The van der Waals surface area contributed by atoms with Gasteiger partial charge in [0.25, 0.3) is 5.91 Å². The molecule has 1 aliphatic heterocycles. The summed E-state index contributed by atoms with van der Waals surface area (Å²) in [6.45, 7) is 6.17. The first-order chi connectivity index (χ1) is 11.1. The zero-order chi connectivity index (χ0) is 16.7. The third kappa shape index (κ3) is 7.28. The Labute approximate surface area is 162 Å². The summed E-state index contributed by atoms with van der Waals surface area (Å²) in [5.41, 5.74) is 6.21. The maximum Gasteiger partial charge on any atom is 0.255 e. The van der Waals surface area contributed by atoms with Crippen LogP contribution in [0.25, 0.3) is 0 Å². The fourth-order valence-electron chi connectivity index (χ4n) is 3.02. The minimum absolute atomic E-state index is 0. The highest BCUT2D eigenvalue weighted by atomic mass is 35.5. The quantitative estimate of drug-likeness (QED) is 0.441. The van der Waals surface area contributed by atoms with Crippen molar-refractivity contribution in [3.63, 3.8) is 0 Å². The molecule has 0 aromatic heterocycles. The molecule has 6 nitrogen and oxygen atoms in total. The highest BCUT2D eigenvalue weighted by Crippen LogP contribution is 2.28. The number of halogens is 2. The number of nitrogens with one attached hydrogen (secondary N) is 1. The van der Waals surface area contributed by atoms with E-state index in [9.17, 15) is 4.79 Å². The number of primary amides is 1. The average Bonchev–Trinajstić information content (AvgIpc) is 3.00. The second-order valence-corrected chi connectivity index (χ2v) is 5.80. The summed E-state index contributed by atoms with van der Waals surface area (Å²) >= 11 is 0. The number of nitrogens with zero attached hydrogens (tertiary/aromatic N) is 1. The number of carbonyl (C=O) groups is 1. The van der Waals surface area contributed by atoms with Crippen LogP contribution in [0.15, 0.2) is 18.2 Å². The molecule has 1 aromatic carbocycles. The summed E-state index contributed by atoms with van der Waals surface area (Å²) in [5, 5.41) is 3.52. The Hall–Kier alpha value is -1.21. The molecule has 1 unspecified atom stereocenters. The molecule has 1 aromatic rings. The average molecular weight is 392 g/mol. The lowest BCUT2D eigenvalue weighted by atomic mass is 10.2. The maximum absolute atomic E-state index is 10.8. The SMILES string of the molecule is CCN1CCCC1CNCc1ccc(OCC(N)=O)c(OC)c1.[Cl-].[Cl-]. The van der Waals surface area contributed by atoms with Crippen LogP contribution in [-0.2, 0) is 11.3 Å². The summed E-state index contributed by atoms with van der Waals surface area (Å²) in [5.74, 6) is 0.638. The number of benzene rings is 1. The Balaban J connectivity index is 0.00000288. The summed E-state index contributed by atoms with van der Waals surface area (Å²) in [6, 6.07) is 6.35. The van der Waals surface area contributed by atoms with Gasteiger partial charge in [-0.15, -0.1) is 0 Å². The van der Waals surface area contributed by atoms with Crippen molar-refractivity contribution >= 4 is 5.91 Å². The van der Waals surface area contributed by atoms with Crippen molar-refractivity contribution in [3.05, 3.63) is 23.8 Å². The van der Waals surface area contributed by atoms with Gasteiger partial charge in [0.05, 0.1) is 7.11 Å². The predicted octanol–water partition coefficient (Wildman–Crippen LogP) is -4.86. The number of amides is 1. The van der Waals surface area contributed by atoms with E-state index in [2.05, 4.69) is 17.1 Å². The third-order valence-corrected chi connectivity index (χ3v) is 4.21. The van der Waals surface area contributed by atoms with Crippen molar-refractivity contribution < 1.29 is 39.1 Å². The van der Waals surface area contributed by atoms with Gasteiger partial charge in [0.15, 0.2) is 18.1 Å². The zero-order valence-electron chi connectivity index (χ0n) is 14.8. The maximum atomic E-state index is 10.8. The van der Waals surface area contributed by atoms with E-state index in [1.54, 1.807) is 7.11 Å². The van der Waals surface area contributed by atoms with Crippen LogP contribution in [0.1, 0.15) is 25.3 Å². The van der Waals surface area contributed by atoms with Crippen LogP contribution in [0, 0.1) is 0 Å². The van der Waals surface area contributed by atoms with Gasteiger partial charge in [-0.05, 0) is 43.6 Å². The Morgan fingerprint density at radius 3 is 2.76 bits per heavy atom. The Morgan fingerprint density at radius 2 is 2.12 bits per heavy atom. The number of rotatable bonds is 9. The van der Waals surface area contributed by atoms with Crippen LogP contribution in [0.4, 0.5) is 0 Å². The first kappa shape index (κ1) is 23.8. The molecule has 0 spiro atoms. The van der Waals surface area contributed by atoms with E-state index in [4.69, 9.17) is 15.2 Å². The van der Waals surface area contributed by atoms with Crippen LogP contribution >= 0.6 is 0 Å². The fourth-order valence-corrected chi connectivity index (χ4v) is 3.02. The number of methoxy groups -OCH3 is 1. The molecule has 1 amide bonds. The van der Waals surface area contributed by atoms with Crippen molar-refractivity contribution in [1.29, 1.82) is 0 Å². The number of carbonyl (C=O) groups excluding carboxylic acids is 1. The van der Waals surface area contributed by atoms with E-state index in [1.165, 1.54) is 19.4 Å². The first-order valence-electron chi connectivity index (χ1n) is 8.16. The lowest BCUT2D eigenvalue weighted by molar-refractivity contribution is -0.119. The standard InChI is InChI=1S/C17H27N3O3.2ClH/c1-3-20-8-4-5-14(20)11-19-10-13-6-7-15(16(9-13)22-2)23-12-17(18)21;;/h6-7,9,14,19H,3-5,8,10-12H2,1-2H3,(H2,18,21);2*1H/p-2. The summed E-state index contributed by atoms with van der Waals surface area (Å²) in [4.78, 5) is 13.3. The lowest BCUT2D eigenvalue weighted by Crippen LogP contribution is -3.00. The molecule has 25 heavy (non-hydrogen) atoms. The summed E-state index contributed by atoms with van der Waals surface area (Å²) in [6.07, 6.45) is 2.56. The number of likely N-dealkylation sites (tertiary alicyclic amines) is 1. The van der Waals surface area contributed by atoms with Crippen LogP contribution < -0.4 is 45.3 Å². The molecule has 0 aliphatic carbocycles. The van der Waals surface area contributed by atoms with Gasteiger partial charge in [0, 0.05) is 19.1 Å². The number of hydrogen-bond acceptors (Lipinski definition) is 5. The van der Waals surface area contributed by atoms with E-state index in [-0.39, 0.29) is 31.4 Å². The molecule has 1 fully saturated rings. The second kappa shape index (κ2) is 12.2.